The smallest absolute Gasteiger partial charge is 0.242 e. The largest absolute Gasteiger partial charge is 0.338 e. The van der Waals surface area contributed by atoms with Crippen LogP contribution in [0.25, 0.3) is 0 Å². The van der Waals surface area contributed by atoms with Crippen molar-refractivity contribution in [2.24, 2.45) is 0 Å². The molecule has 1 aliphatic carbocycles. The summed E-state index contributed by atoms with van der Waals surface area (Å²) < 4.78 is 0. The van der Waals surface area contributed by atoms with Gasteiger partial charge >= 0.3 is 0 Å². The van der Waals surface area contributed by atoms with Crippen LogP contribution in [0.5, 0.6) is 0 Å². The predicted molar refractivity (Wildman–Crippen MR) is 114 cm³/mol. The Morgan fingerprint density at radius 1 is 1.17 bits per heavy atom. The van der Waals surface area contributed by atoms with Crippen LogP contribution in [0.4, 0.5) is 10.9 Å². The normalized spacial score (nSPS) is 18.4. The lowest BCUT2D eigenvalue weighted by Gasteiger charge is -2.37. The second-order valence-electron chi connectivity index (χ2n) is 7.62. The molecule has 1 amide bonds. The average molecular weight is 411 g/mol. The molecule has 0 bridgehead atoms. The molecular weight excluding hydrogens is 384 g/mol. The highest BCUT2D eigenvalue weighted by molar-refractivity contribution is 7.16. The van der Waals surface area contributed by atoms with Gasteiger partial charge in [-0.15, -0.1) is 11.3 Å². The number of carbonyl (C=O) groups excluding carboxylic acids is 1. The monoisotopic (exact) mass is 410 g/mol. The first-order chi connectivity index (χ1) is 14.2. The summed E-state index contributed by atoms with van der Waals surface area (Å²) in [7, 11) is 0. The molecule has 0 aromatic carbocycles. The van der Waals surface area contributed by atoms with Gasteiger partial charge in [0, 0.05) is 43.4 Å². The second-order valence-corrected chi connectivity index (χ2v) is 8.72. The number of nitriles is 1. The van der Waals surface area contributed by atoms with Crippen molar-refractivity contribution in [1.82, 2.24) is 14.9 Å². The van der Waals surface area contributed by atoms with Crippen molar-refractivity contribution < 1.29 is 4.79 Å². The molecule has 2 aliphatic rings. The van der Waals surface area contributed by atoms with E-state index in [9.17, 15) is 10.1 Å². The Morgan fingerprint density at radius 2 is 1.90 bits per heavy atom. The van der Waals surface area contributed by atoms with E-state index in [1.165, 1.54) is 11.3 Å². The molecule has 29 heavy (non-hydrogen) atoms. The molecule has 4 rings (SSSR count). The number of nitrogens with zero attached hydrogens (tertiary/aromatic N) is 5. The number of anilines is 2. The molecule has 1 N–H and O–H groups in total. The molecule has 7 nitrogen and oxygen atoms in total. The minimum absolute atomic E-state index is 0.0395. The van der Waals surface area contributed by atoms with E-state index in [4.69, 9.17) is 0 Å². The van der Waals surface area contributed by atoms with Gasteiger partial charge in [0.25, 0.3) is 0 Å². The molecule has 152 valence electrons. The fraction of sp³-hybridized carbons (Fsp3) is 0.524. The summed E-state index contributed by atoms with van der Waals surface area (Å²) in [5, 5.41) is 13.5. The Kier molecular flexibility index (Phi) is 6.07. The minimum Gasteiger partial charge on any atom is -0.338 e. The van der Waals surface area contributed by atoms with Gasteiger partial charge in [0.2, 0.25) is 11.9 Å². The first kappa shape index (κ1) is 19.8. The Bertz CT molecular complexity index is 898. The molecule has 1 unspecified atom stereocenters. The number of hydrogen-bond acceptors (Lipinski definition) is 7. The van der Waals surface area contributed by atoms with Crippen molar-refractivity contribution in [1.29, 1.82) is 5.26 Å². The summed E-state index contributed by atoms with van der Waals surface area (Å²) in [4.78, 5) is 27.1. The van der Waals surface area contributed by atoms with E-state index in [0.29, 0.717) is 5.56 Å². The lowest BCUT2D eigenvalue weighted by Crippen LogP contribution is -2.53. The zero-order valence-electron chi connectivity index (χ0n) is 16.7. The van der Waals surface area contributed by atoms with E-state index in [1.54, 1.807) is 23.7 Å². The van der Waals surface area contributed by atoms with Gasteiger partial charge < -0.3 is 10.2 Å². The standard InChI is InChI=1S/C21H26N6OS/c1-15(26-10-12-27(13-11-26)21-23-8-5-9-24-21)19(28)25-20-17(14-22)16-6-3-2-4-7-18(16)29-20/h5,8-9,15H,2-4,6-7,10-13H2,1H3,(H,25,28). The van der Waals surface area contributed by atoms with E-state index in [2.05, 4.69) is 31.2 Å². The number of rotatable bonds is 4. The third kappa shape index (κ3) is 4.26. The Hall–Kier alpha value is -2.50. The Labute approximate surface area is 175 Å². The van der Waals surface area contributed by atoms with Gasteiger partial charge in [-0.2, -0.15) is 5.26 Å². The van der Waals surface area contributed by atoms with Crippen LogP contribution in [0.15, 0.2) is 18.5 Å². The summed E-state index contributed by atoms with van der Waals surface area (Å²) in [6.45, 7) is 5.07. The maximum absolute atomic E-state index is 12.9. The van der Waals surface area contributed by atoms with E-state index < -0.39 is 0 Å². The van der Waals surface area contributed by atoms with Gasteiger partial charge in [-0.25, -0.2) is 9.97 Å². The van der Waals surface area contributed by atoms with Crippen LogP contribution in [0, 0.1) is 11.3 Å². The van der Waals surface area contributed by atoms with Gasteiger partial charge in [0.15, 0.2) is 0 Å². The Balaban J connectivity index is 1.39. The number of hydrogen-bond donors (Lipinski definition) is 1. The van der Waals surface area contributed by atoms with E-state index in [-0.39, 0.29) is 11.9 Å². The van der Waals surface area contributed by atoms with Gasteiger partial charge in [-0.3, -0.25) is 9.69 Å². The highest BCUT2D eigenvalue weighted by Gasteiger charge is 2.28. The second kappa shape index (κ2) is 8.89. The molecule has 1 aliphatic heterocycles. The summed E-state index contributed by atoms with van der Waals surface area (Å²) in [5.41, 5.74) is 1.84. The van der Waals surface area contributed by atoms with Gasteiger partial charge in [0.1, 0.15) is 11.1 Å². The van der Waals surface area contributed by atoms with E-state index >= 15 is 0 Å². The number of fused-ring (bicyclic) bond motifs is 1. The lowest BCUT2D eigenvalue weighted by atomic mass is 10.1. The zero-order valence-corrected chi connectivity index (χ0v) is 17.5. The zero-order chi connectivity index (χ0) is 20.2. The number of aryl methyl sites for hydroxylation is 1. The van der Waals surface area contributed by atoms with Crippen molar-refractivity contribution in [2.45, 2.75) is 45.1 Å². The lowest BCUT2D eigenvalue weighted by molar-refractivity contribution is -0.120. The number of aromatic nitrogens is 2. The van der Waals surface area contributed by atoms with Gasteiger partial charge in [-0.05, 0) is 44.2 Å². The topological polar surface area (TPSA) is 85.2 Å². The minimum atomic E-state index is -0.248. The van der Waals surface area contributed by atoms with Crippen LogP contribution in [-0.4, -0.2) is 53.0 Å². The SMILES string of the molecule is CC(C(=O)Nc1sc2c(c1C#N)CCCCC2)N1CCN(c2ncccn2)CC1. The van der Waals surface area contributed by atoms with Gasteiger partial charge in [-0.1, -0.05) is 6.42 Å². The van der Waals surface area contributed by atoms with Crippen molar-refractivity contribution in [2.75, 3.05) is 36.4 Å². The maximum Gasteiger partial charge on any atom is 0.242 e. The molecule has 0 radical (unpaired) electrons. The molecule has 8 heteroatoms. The summed E-state index contributed by atoms with van der Waals surface area (Å²) in [6.07, 6.45) is 8.97. The van der Waals surface area contributed by atoms with Gasteiger partial charge in [0.05, 0.1) is 11.6 Å². The first-order valence-electron chi connectivity index (χ1n) is 10.3. The first-order valence-corrected chi connectivity index (χ1v) is 11.1. The number of carbonyl (C=O) groups is 1. The van der Waals surface area contributed by atoms with Crippen LogP contribution >= 0.6 is 11.3 Å². The summed E-state index contributed by atoms with van der Waals surface area (Å²) in [5.74, 6) is 0.699. The third-order valence-corrected chi connectivity index (χ3v) is 7.05. The molecule has 0 spiro atoms. The fourth-order valence-electron chi connectivity index (χ4n) is 4.09. The molecule has 3 heterocycles. The van der Waals surface area contributed by atoms with E-state index in [1.807, 2.05) is 13.0 Å². The molecule has 2 aromatic heterocycles. The Morgan fingerprint density at radius 3 is 2.62 bits per heavy atom. The van der Waals surface area contributed by atoms with E-state index in [0.717, 1.165) is 68.4 Å². The summed E-state index contributed by atoms with van der Waals surface area (Å²) in [6, 6.07) is 3.90. The van der Waals surface area contributed by atoms with Crippen molar-refractivity contribution in [3.8, 4) is 6.07 Å². The summed E-state index contributed by atoms with van der Waals surface area (Å²) >= 11 is 1.59. The van der Waals surface area contributed by atoms with Crippen LogP contribution in [0.1, 0.15) is 42.2 Å². The van der Waals surface area contributed by atoms with Crippen LogP contribution in [0.2, 0.25) is 0 Å². The molecular formula is C21H26N6OS. The fourth-order valence-corrected chi connectivity index (χ4v) is 5.34. The highest BCUT2D eigenvalue weighted by Crippen LogP contribution is 2.37. The molecule has 0 saturated carbocycles. The van der Waals surface area contributed by atoms with Crippen LogP contribution in [-0.2, 0) is 17.6 Å². The number of nitrogens with one attached hydrogen (secondary N) is 1. The van der Waals surface area contributed by atoms with Crippen LogP contribution in [0.3, 0.4) is 0 Å². The maximum atomic E-state index is 12.9. The molecule has 1 saturated heterocycles. The van der Waals surface area contributed by atoms with Crippen molar-refractivity contribution >= 4 is 28.2 Å². The average Bonchev–Trinajstić information content (AvgIpc) is 2.92. The highest BCUT2D eigenvalue weighted by atomic mass is 32.1. The number of thiophene rings is 1. The molecule has 2 aromatic rings. The third-order valence-electron chi connectivity index (χ3n) is 5.85. The molecule has 1 fully saturated rings. The van der Waals surface area contributed by atoms with Crippen LogP contribution < -0.4 is 10.2 Å². The number of piperazine rings is 1. The number of amides is 1. The predicted octanol–water partition coefficient (Wildman–Crippen LogP) is 2.83. The quantitative estimate of drug-likeness (QED) is 0.780. The molecule has 1 atom stereocenters. The van der Waals surface area contributed by atoms with Crippen molar-refractivity contribution in [3.63, 3.8) is 0 Å². The van der Waals surface area contributed by atoms with Crippen molar-refractivity contribution in [3.05, 3.63) is 34.5 Å².